The zero-order valence-electron chi connectivity index (χ0n) is 11.4. The molecule has 7 nitrogen and oxygen atoms in total. The number of carbonyl (C=O) groups excluding carboxylic acids is 2. The Kier molecular flexibility index (Phi) is 3.34. The van der Waals surface area contributed by atoms with Crippen LogP contribution in [0.4, 0.5) is 0 Å². The minimum Gasteiger partial charge on any atom is -0.326 e. The summed E-state index contributed by atoms with van der Waals surface area (Å²) in [6.07, 6.45) is 0.534. The van der Waals surface area contributed by atoms with Crippen LogP contribution in [0.1, 0.15) is 29.6 Å². The van der Waals surface area contributed by atoms with Gasteiger partial charge in [0, 0.05) is 17.8 Å². The van der Waals surface area contributed by atoms with Crippen molar-refractivity contribution in [2.45, 2.75) is 32.4 Å². The first kappa shape index (κ1) is 13.9. The molecule has 3 rings (SSSR count). The summed E-state index contributed by atoms with van der Waals surface area (Å²) in [6, 6.07) is 1.11. The van der Waals surface area contributed by atoms with Crippen molar-refractivity contribution in [3.05, 3.63) is 27.1 Å². The zero-order chi connectivity index (χ0) is 15.1. The number of fused-ring (bicyclic) bond motifs is 1. The molecular formula is C13H14N4O3S. The van der Waals surface area contributed by atoms with Crippen molar-refractivity contribution in [2.75, 3.05) is 0 Å². The van der Waals surface area contributed by atoms with Crippen molar-refractivity contribution in [3.8, 4) is 0 Å². The maximum absolute atomic E-state index is 12.6. The van der Waals surface area contributed by atoms with Gasteiger partial charge in [0.1, 0.15) is 16.6 Å². The Balaban J connectivity index is 2.16. The number of piperidine rings is 1. The van der Waals surface area contributed by atoms with E-state index in [-0.39, 0.29) is 17.9 Å². The van der Waals surface area contributed by atoms with E-state index >= 15 is 0 Å². The molecule has 1 aliphatic heterocycles. The number of aryl methyl sites for hydroxylation is 1. The van der Waals surface area contributed by atoms with Gasteiger partial charge in [-0.05, 0) is 19.4 Å². The summed E-state index contributed by atoms with van der Waals surface area (Å²) < 4.78 is 1.87. The Bertz CT molecular complexity index is 808. The van der Waals surface area contributed by atoms with Crippen LogP contribution < -0.4 is 16.6 Å². The first-order valence-electron chi connectivity index (χ1n) is 6.56. The van der Waals surface area contributed by atoms with Gasteiger partial charge in [0.2, 0.25) is 11.8 Å². The molecule has 1 aliphatic rings. The smallest absolute Gasteiger partial charge is 0.272 e. The molecule has 1 fully saturated rings. The molecule has 0 saturated carbocycles. The highest BCUT2D eigenvalue weighted by Gasteiger charge is 2.30. The summed E-state index contributed by atoms with van der Waals surface area (Å²) in [7, 11) is 0. The van der Waals surface area contributed by atoms with Crippen LogP contribution in [0.15, 0.2) is 10.9 Å². The van der Waals surface area contributed by atoms with Crippen molar-refractivity contribution >= 4 is 33.4 Å². The van der Waals surface area contributed by atoms with E-state index < -0.39 is 11.9 Å². The Morgan fingerprint density at radius 2 is 2.24 bits per heavy atom. The van der Waals surface area contributed by atoms with Crippen LogP contribution in [0.25, 0.3) is 10.2 Å². The number of hydrogen-bond donors (Lipinski definition) is 2. The van der Waals surface area contributed by atoms with Crippen molar-refractivity contribution in [3.63, 3.8) is 0 Å². The monoisotopic (exact) mass is 306 g/mol. The molecule has 0 spiro atoms. The molecular weight excluding hydrogens is 292 g/mol. The number of hydrogen-bond acceptors (Lipinski definition) is 6. The van der Waals surface area contributed by atoms with Gasteiger partial charge >= 0.3 is 0 Å². The lowest BCUT2D eigenvalue weighted by atomic mass is 10.1. The molecule has 0 radical (unpaired) electrons. The molecule has 0 bridgehead atoms. The number of rotatable bonds is 2. The first-order valence-corrected chi connectivity index (χ1v) is 7.38. The number of amides is 2. The second kappa shape index (κ2) is 5.05. The summed E-state index contributed by atoms with van der Waals surface area (Å²) in [6.45, 7) is 2.03. The molecule has 1 saturated heterocycles. The van der Waals surface area contributed by atoms with Crippen molar-refractivity contribution in [1.29, 1.82) is 0 Å². The fraction of sp³-hybridized carbons (Fsp3) is 0.385. The molecule has 1 atom stereocenters. The molecule has 1 unspecified atom stereocenters. The van der Waals surface area contributed by atoms with Gasteiger partial charge in [0.15, 0.2) is 0 Å². The van der Waals surface area contributed by atoms with Gasteiger partial charge in [-0.2, -0.15) is 0 Å². The number of thiophene rings is 1. The molecule has 2 aromatic heterocycles. The Morgan fingerprint density at radius 1 is 1.48 bits per heavy atom. The Labute approximate surface area is 123 Å². The quantitative estimate of drug-likeness (QED) is 0.771. The predicted octanol–water partition coefficient (Wildman–Crippen LogP) is 0.203. The van der Waals surface area contributed by atoms with E-state index in [0.29, 0.717) is 29.0 Å². The number of imide groups is 1. The second-order valence-electron chi connectivity index (χ2n) is 4.93. The van der Waals surface area contributed by atoms with Crippen LogP contribution in [0.2, 0.25) is 0 Å². The summed E-state index contributed by atoms with van der Waals surface area (Å²) >= 11 is 1.29. The highest BCUT2D eigenvalue weighted by Crippen LogP contribution is 2.24. The molecule has 2 aromatic rings. The van der Waals surface area contributed by atoms with E-state index in [0.717, 1.165) is 4.88 Å². The fourth-order valence-corrected chi connectivity index (χ4v) is 3.46. The van der Waals surface area contributed by atoms with Crippen molar-refractivity contribution in [1.82, 2.24) is 14.9 Å². The van der Waals surface area contributed by atoms with E-state index in [2.05, 4.69) is 10.3 Å². The third-order valence-electron chi connectivity index (χ3n) is 3.53. The number of carbonyl (C=O) groups is 2. The van der Waals surface area contributed by atoms with Gasteiger partial charge < -0.3 is 5.73 Å². The molecule has 3 heterocycles. The topological polar surface area (TPSA) is 107 Å². The van der Waals surface area contributed by atoms with E-state index in [4.69, 9.17) is 5.73 Å². The summed E-state index contributed by atoms with van der Waals surface area (Å²) in [5.74, 6) is -0.297. The van der Waals surface area contributed by atoms with Crippen LogP contribution >= 0.6 is 11.3 Å². The first-order chi connectivity index (χ1) is 10.0. The lowest BCUT2D eigenvalue weighted by Gasteiger charge is -2.24. The summed E-state index contributed by atoms with van der Waals surface area (Å²) in [4.78, 5) is 41.1. The standard InChI is InChI=1S/C13H14N4O3S/c1-6-15-8-4-7(5-14)21-11(8)13(20)17(6)9-2-3-10(18)16-12(9)19/h4,9H,2-3,5,14H2,1H3,(H,16,18,19). The highest BCUT2D eigenvalue weighted by atomic mass is 32.1. The molecule has 21 heavy (non-hydrogen) atoms. The number of nitrogens with zero attached hydrogens (tertiary/aromatic N) is 2. The minimum absolute atomic E-state index is 0.221. The van der Waals surface area contributed by atoms with Gasteiger partial charge in [0.25, 0.3) is 5.56 Å². The maximum Gasteiger partial charge on any atom is 0.272 e. The van der Waals surface area contributed by atoms with Crippen molar-refractivity contribution < 1.29 is 9.59 Å². The normalized spacial score (nSPS) is 19.0. The Hall–Kier alpha value is -2.06. The van der Waals surface area contributed by atoms with E-state index in [1.807, 2.05) is 0 Å². The van der Waals surface area contributed by atoms with Crippen LogP contribution in [0.3, 0.4) is 0 Å². The third kappa shape index (κ3) is 2.26. The van der Waals surface area contributed by atoms with E-state index in [1.54, 1.807) is 13.0 Å². The van der Waals surface area contributed by atoms with Gasteiger partial charge in [-0.3, -0.25) is 24.3 Å². The lowest BCUT2D eigenvalue weighted by Crippen LogP contribution is -2.45. The van der Waals surface area contributed by atoms with Gasteiger partial charge in [-0.25, -0.2) is 4.98 Å². The van der Waals surface area contributed by atoms with E-state index in [9.17, 15) is 14.4 Å². The molecule has 3 N–H and O–H groups in total. The molecule has 0 aromatic carbocycles. The number of nitrogens with two attached hydrogens (primary N) is 1. The van der Waals surface area contributed by atoms with Crippen LogP contribution in [-0.4, -0.2) is 21.4 Å². The average molecular weight is 306 g/mol. The SMILES string of the molecule is Cc1nc2cc(CN)sc2c(=O)n1C1CCC(=O)NC1=O. The third-order valence-corrected chi connectivity index (χ3v) is 4.66. The van der Waals surface area contributed by atoms with Crippen LogP contribution in [0.5, 0.6) is 0 Å². The molecule has 110 valence electrons. The Morgan fingerprint density at radius 3 is 2.90 bits per heavy atom. The predicted molar refractivity (Wildman–Crippen MR) is 77.9 cm³/mol. The van der Waals surface area contributed by atoms with Gasteiger partial charge in [-0.1, -0.05) is 0 Å². The van der Waals surface area contributed by atoms with Crippen molar-refractivity contribution in [2.24, 2.45) is 5.73 Å². The number of nitrogens with one attached hydrogen (secondary N) is 1. The largest absolute Gasteiger partial charge is 0.326 e. The van der Waals surface area contributed by atoms with Gasteiger partial charge in [-0.15, -0.1) is 11.3 Å². The molecule has 0 aliphatic carbocycles. The lowest BCUT2D eigenvalue weighted by molar-refractivity contribution is -0.135. The summed E-state index contributed by atoms with van der Waals surface area (Å²) in [5, 5.41) is 2.26. The maximum atomic E-state index is 12.6. The summed E-state index contributed by atoms with van der Waals surface area (Å²) in [5.41, 5.74) is 5.94. The molecule has 8 heteroatoms. The molecule has 2 amide bonds. The second-order valence-corrected chi connectivity index (χ2v) is 6.07. The minimum atomic E-state index is -0.685. The van der Waals surface area contributed by atoms with Crippen LogP contribution in [-0.2, 0) is 16.1 Å². The number of aromatic nitrogens is 2. The zero-order valence-corrected chi connectivity index (χ0v) is 12.2. The average Bonchev–Trinajstić information content (AvgIpc) is 2.84. The highest BCUT2D eigenvalue weighted by molar-refractivity contribution is 7.18. The van der Waals surface area contributed by atoms with E-state index in [1.165, 1.54) is 15.9 Å². The van der Waals surface area contributed by atoms with Gasteiger partial charge in [0.05, 0.1) is 5.52 Å². The fourth-order valence-electron chi connectivity index (χ4n) is 2.55. The van der Waals surface area contributed by atoms with Crippen LogP contribution in [0, 0.1) is 6.92 Å².